The molecule has 0 radical (unpaired) electrons. The van der Waals surface area contributed by atoms with Crippen LogP contribution in [0.1, 0.15) is 29.3 Å². The molecule has 2 aromatic carbocycles. The minimum Gasteiger partial charge on any atom is -0.352 e. The lowest BCUT2D eigenvalue weighted by molar-refractivity contribution is 0.0949. The largest absolute Gasteiger partial charge is 0.352 e. The van der Waals surface area contributed by atoms with Crippen LogP contribution in [0.2, 0.25) is 5.02 Å². The van der Waals surface area contributed by atoms with Crippen LogP contribution >= 0.6 is 23.4 Å². The number of nitrogens with zero attached hydrogens (tertiary/aromatic N) is 3. The molecule has 1 saturated heterocycles. The SMILES string of the molecule is CC1=Nc2cc(C(=O)NCCCN3CCN(C)CC3)ccc2Sc2ccc(Cl)cc21. The van der Waals surface area contributed by atoms with Gasteiger partial charge in [-0.1, -0.05) is 23.4 Å². The molecule has 30 heavy (non-hydrogen) atoms. The predicted octanol–water partition coefficient (Wildman–Crippen LogP) is 4.31. The molecule has 1 amide bonds. The van der Waals surface area contributed by atoms with Crippen LogP contribution in [0.25, 0.3) is 0 Å². The zero-order valence-corrected chi connectivity index (χ0v) is 19.0. The number of hydrogen-bond donors (Lipinski definition) is 1. The fourth-order valence-electron chi connectivity index (χ4n) is 3.74. The Hall–Kier alpha value is -1.86. The number of likely N-dealkylation sites (N-methyl/N-ethyl adjacent to an activating group) is 1. The molecule has 4 rings (SSSR count). The van der Waals surface area contributed by atoms with Gasteiger partial charge >= 0.3 is 0 Å². The van der Waals surface area contributed by atoms with Crippen LogP contribution in [0.5, 0.6) is 0 Å². The first-order chi connectivity index (χ1) is 14.5. The minimum atomic E-state index is -0.0427. The van der Waals surface area contributed by atoms with Crippen molar-refractivity contribution in [3.8, 4) is 0 Å². The van der Waals surface area contributed by atoms with Gasteiger partial charge in [0, 0.05) is 64.4 Å². The van der Waals surface area contributed by atoms with E-state index in [9.17, 15) is 4.79 Å². The van der Waals surface area contributed by atoms with Crippen LogP contribution in [-0.4, -0.2) is 67.7 Å². The third kappa shape index (κ3) is 5.06. The molecule has 0 atom stereocenters. The average Bonchev–Trinajstić information content (AvgIpc) is 2.87. The summed E-state index contributed by atoms with van der Waals surface area (Å²) in [4.78, 5) is 24.4. The highest BCUT2D eigenvalue weighted by atomic mass is 35.5. The molecule has 0 unspecified atom stereocenters. The van der Waals surface area contributed by atoms with E-state index in [1.54, 1.807) is 11.8 Å². The number of amides is 1. The van der Waals surface area contributed by atoms with Crippen LogP contribution in [0.15, 0.2) is 51.2 Å². The summed E-state index contributed by atoms with van der Waals surface area (Å²) in [6.07, 6.45) is 0.962. The number of hydrogen-bond acceptors (Lipinski definition) is 5. The third-order valence-electron chi connectivity index (χ3n) is 5.59. The molecule has 0 saturated carbocycles. The molecule has 0 aromatic heterocycles. The second kappa shape index (κ2) is 9.52. The van der Waals surface area contributed by atoms with Crippen molar-refractivity contribution in [2.24, 2.45) is 4.99 Å². The van der Waals surface area contributed by atoms with E-state index in [0.717, 1.165) is 65.9 Å². The summed E-state index contributed by atoms with van der Waals surface area (Å²) in [6, 6.07) is 11.6. The van der Waals surface area contributed by atoms with Crippen molar-refractivity contribution < 1.29 is 4.79 Å². The molecule has 158 valence electrons. The molecule has 1 N–H and O–H groups in total. The van der Waals surface area contributed by atoms with Crippen LogP contribution in [0.3, 0.4) is 0 Å². The summed E-state index contributed by atoms with van der Waals surface area (Å²) >= 11 is 7.83. The molecule has 2 heterocycles. The summed E-state index contributed by atoms with van der Waals surface area (Å²) in [7, 11) is 2.16. The number of carbonyl (C=O) groups excluding carboxylic acids is 1. The van der Waals surface area contributed by atoms with Gasteiger partial charge in [-0.2, -0.15) is 0 Å². The zero-order valence-electron chi connectivity index (χ0n) is 17.4. The van der Waals surface area contributed by atoms with Gasteiger partial charge in [0.1, 0.15) is 0 Å². The van der Waals surface area contributed by atoms with E-state index < -0.39 is 0 Å². The maximum atomic E-state index is 12.7. The topological polar surface area (TPSA) is 47.9 Å². The maximum absolute atomic E-state index is 12.7. The van der Waals surface area contributed by atoms with E-state index in [0.29, 0.717) is 17.1 Å². The third-order valence-corrected chi connectivity index (χ3v) is 6.97. The number of halogens is 1. The zero-order chi connectivity index (χ0) is 21.1. The number of rotatable bonds is 5. The number of fused-ring (bicyclic) bond motifs is 2. The Morgan fingerprint density at radius 2 is 1.90 bits per heavy atom. The van der Waals surface area contributed by atoms with Gasteiger partial charge in [0.05, 0.1) is 5.69 Å². The summed E-state index contributed by atoms with van der Waals surface area (Å²) in [5.74, 6) is -0.0427. The number of aliphatic imine (C=N–C) groups is 1. The second-order valence-corrected chi connectivity index (χ2v) is 9.40. The van der Waals surface area contributed by atoms with E-state index in [1.807, 2.05) is 43.3 Å². The molecule has 0 spiro atoms. The molecule has 2 aliphatic heterocycles. The molecule has 2 aliphatic rings. The van der Waals surface area contributed by atoms with Crippen molar-refractivity contribution in [2.45, 2.75) is 23.1 Å². The molecule has 5 nitrogen and oxygen atoms in total. The Morgan fingerprint density at radius 1 is 1.13 bits per heavy atom. The molecule has 0 aliphatic carbocycles. The van der Waals surface area contributed by atoms with Crippen molar-refractivity contribution in [1.82, 2.24) is 15.1 Å². The molecule has 0 bridgehead atoms. The molecule has 1 fully saturated rings. The lowest BCUT2D eigenvalue weighted by Gasteiger charge is -2.32. The normalized spacial score (nSPS) is 17.0. The first-order valence-electron chi connectivity index (χ1n) is 10.4. The van der Waals surface area contributed by atoms with Gasteiger partial charge in [-0.25, -0.2) is 0 Å². The highest BCUT2D eigenvalue weighted by molar-refractivity contribution is 7.99. The maximum Gasteiger partial charge on any atom is 0.251 e. The van der Waals surface area contributed by atoms with Crippen LogP contribution in [-0.2, 0) is 0 Å². The molecular weight excluding hydrogens is 416 g/mol. The van der Waals surface area contributed by atoms with Gasteiger partial charge in [-0.15, -0.1) is 0 Å². The van der Waals surface area contributed by atoms with Crippen molar-refractivity contribution in [2.75, 3.05) is 46.3 Å². The molecular formula is C23H27ClN4OS. The Morgan fingerprint density at radius 3 is 2.70 bits per heavy atom. The fraction of sp³-hybridized carbons (Fsp3) is 0.391. The summed E-state index contributed by atoms with van der Waals surface area (Å²) in [5, 5.41) is 3.76. The summed E-state index contributed by atoms with van der Waals surface area (Å²) in [5.41, 5.74) is 3.42. The fourth-order valence-corrected chi connectivity index (χ4v) is 4.95. The first-order valence-corrected chi connectivity index (χ1v) is 11.6. The quantitative estimate of drug-likeness (QED) is 0.701. The van der Waals surface area contributed by atoms with E-state index >= 15 is 0 Å². The molecule has 2 aromatic rings. The highest BCUT2D eigenvalue weighted by Crippen LogP contribution is 2.41. The van der Waals surface area contributed by atoms with E-state index in [1.165, 1.54) is 0 Å². The molecule has 7 heteroatoms. The van der Waals surface area contributed by atoms with Crippen LogP contribution < -0.4 is 5.32 Å². The minimum absolute atomic E-state index is 0.0427. The number of benzene rings is 2. The van der Waals surface area contributed by atoms with Gasteiger partial charge in [-0.05, 0) is 63.3 Å². The van der Waals surface area contributed by atoms with Crippen molar-refractivity contribution in [3.05, 3.63) is 52.5 Å². The standard InChI is InChI=1S/C23H27ClN4OS/c1-16-19-15-18(24)5-7-21(19)30-22-6-4-17(14-20(22)26-16)23(29)25-8-3-9-28-12-10-27(2)11-13-28/h4-7,14-15H,3,8-13H2,1-2H3,(H,25,29). The Labute approximate surface area is 187 Å². The summed E-state index contributed by atoms with van der Waals surface area (Å²) < 4.78 is 0. The van der Waals surface area contributed by atoms with Crippen molar-refractivity contribution in [3.63, 3.8) is 0 Å². The lowest BCUT2D eigenvalue weighted by Crippen LogP contribution is -2.45. The first kappa shape index (κ1) is 21.4. The van der Waals surface area contributed by atoms with E-state index in [2.05, 4.69) is 22.2 Å². The predicted molar refractivity (Wildman–Crippen MR) is 125 cm³/mol. The van der Waals surface area contributed by atoms with Crippen LogP contribution in [0.4, 0.5) is 5.69 Å². The Balaban J connectivity index is 1.37. The number of carbonyl (C=O) groups is 1. The van der Waals surface area contributed by atoms with Gasteiger partial charge in [-0.3, -0.25) is 9.79 Å². The highest BCUT2D eigenvalue weighted by Gasteiger charge is 2.18. The van der Waals surface area contributed by atoms with Crippen molar-refractivity contribution in [1.29, 1.82) is 0 Å². The number of nitrogens with one attached hydrogen (secondary N) is 1. The van der Waals surface area contributed by atoms with E-state index in [-0.39, 0.29) is 5.91 Å². The van der Waals surface area contributed by atoms with Gasteiger partial charge in [0.2, 0.25) is 0 Å². The monoisotopic (exact) mass is 442 g/mol. The average molecular weight is 443 g/mol. The van der Waals surface area contributed by atoms with Gasteiger partial charge in [0.25, 0.3) is 5.91 Å². The Bertz CT molecular complexity index is 970. The van der Waals surface area contributed by atoms with Crippen LogP contribution in [0, 0.1) is 0 Å². The smallest absolute Gasteiger partial charge is 0.251 e. The van der Waals surface area contributed by atoms with E-state index in [4.69, 9.17) is 16.6 Å². The van der Waals surface area contributed by atoms with Gasteiger partial charge < -0.3 is 15.1 Å². The Kier molecular flexibility index (Phi) is 6.78. The summed E-state index contributed by atoms with van der Waals surface area (Å²) in [6.45, 7) is 8.15. The number of piperazine rings is 1. The second-order valence-electron chi connectivity index (χ2n) is 7.88. The van der Waals surface area contributed by atoms with Gasteiger partial charge in [0.15, 0.2) is 0 Å². The lowest BCUT2D eigenvalue weighted by atomic mass is 10.1. The van der Waals surface area contributed by atoms with Crippen molar-refractivity contribution >= 4 is 40.7 Å².